The molecule has 1 saturated carbocycles. The van der Waals surface area contributed by atoms with Gasteiger partial charge in [-0.3, -0.25) is 0 Å². The molecule has 0 aliphatic heterocycles. The highest BCUT2D eigenvalue weighted by molar-refractivity contribution is 5.80. The van der Waals surface area contributed by atoms with Crippen LogP contribution in [0.25, 0.3) is 0 Å². The van der Waals surface area contributed by atoms with Crippen LogP contribution < -0.4 is 0 Å². The summed E-state index contributed by atoms with van der Waals surface area (Å²) in [7, 11) is 0. The van der Waals surface area contributed by atoms with Gasteiger partial charge < -0.3 is 14.6 Å². The van der Waals surface area contributed by atoms with Crippen LogP contribution in [0.4, 0.5) is 0 Å². The fraction of sp³-hybridized carbons (Fsp3) is 0.875. The average molecular weight is 300 g/mol. The van der Waals surface area contributed by atoms with E-state index in [0.717, 1.165) is 19.3 Å². The van der Waals surface area contributed by atoms with Crippen molar-refractivity contribution in [3.05, 3.63) is 0 Å². The van der Waals surface area contributed by atoms with Gasteiger partial charge in [0.05, 0.1) is 0 Å². The van der Waals surface area contributed by atoms with E-state index in [2.05, 4.69) is 20.8 Å². The zero-order chi connectivity index (χ0) is 16.2. The van der Waals surface area contributed by atoms with E-state index in [0.29, 0.717) is 17.8 Å². The Labute approximate surface area is 127 Å². The molecule has 1 aliphatic rings. The summed E-state index contributed by atoms with van der Waals surface area (Å²) in [6, 6.07) is 0. The Bertz CT molecular complexity index is 364. The minimum Gasteiger partial charge on any atom is -0.459 e. The molecule has 0 bridgehead atoms. The summed E-state index contributed by atoms with van der Waals surface area (Å²) in [5, 5.41) is 9.10. The Morgan fingerprint density at radius 2 is 1.71 bits per heavy atom. The minimum absolute atomic E-state index is 0.117. The van der Waals surface area contributed by atoms with Gasteiger partial charge in [0.2, 0.25) is 0 Å². The number of hydrogen-bond donors (Lipinski definition) is 1. The third kappa shape index (κ3) is 5.30. The molecule has 0 amide bonds. The van der Waals surface area contributed by atoms with Crippen LogP contribution in [0.15, 0.2) is 0 Å². The number of hydrogen-bond acceptors (Lipinski definition) is 5. The Kier molecular flexibility index (Phi) is 6.65. The molecule has 21 heavy (non-hydrogen) atoms. The highest BCUT2D eigenvalue weighted by Crippen LogP contribution is 2.35. The van der Waals surface area contributed by atoms with Crippen molar-refractivity contribution in [2.45, 2.75) is 72.2 Å². The number of esters is 2. The molecule has 1 fully saturated rings. The maximum absolute atomic E-state index is 12.1. The maximum atomic E-state index is 12.1. The standard InChI is InChI=1S/C16H28O5/c1-9(2)13-7-6-10(3)8-14(13)21-16(19)12(5)20-15(18)11(4)17/h9-14,17H,6-8H2,1-5H3/t10?,11-,12?,13-,14?/m0/s1. The number of rotatable bonds is 5. The lowest BCUT2D eigenvalue weighted by atomic mass is 9.75. The topological polar surface area (TPSA) is 72.8 Å². The Morgan fingerprint density at radius 1 is 1.10 bits per heavy atom. The first-order chi connectivity index (χ1) is 9.72. The Hall–Kier alpha value is -1.10. The average Bonchev–Trinajstić information content (AvgIpc) is 2.37. The molecule has 122 valence electrons. The molecule has 0 radical (unpaired) electrons. The van der Waals surface area contributed by atoms with Crippen LogP contribution in [0, 0.1) is 17.8 Å². The molecule has 1 rings (SSSR count). The van der Waals surface area contributed by atoms with Crippen molar-refractivity contribution in [3.63, 3.8) is 0 Å². The summed E-state index contributed by atoms with van der Waals surface area (Å²) in [4.78, 5) is 23.4. The van der Waals surface area contributed by atoms with Gasteiger partial charge in [0.15, 0.2) is 6.10 Å². The SMILES string of the molecule is CC1CC[C@@H](C(C)C)C(OC(=O)C(C)OC(=O)[C@H](C)O)C1. The van der Waals surface area contributed by atoms with Crippen LogP contribution in [0.2, 0.25) is 0 Å². The first-order valence-corrected chi connectivity index (χ1v) is 7.81. The molecule has 0 aromatic heterocycles. The van der Waals surface area contributed by atoms with E-state index in [-0.39, 0.29) is 6.10 Å². The van der Waals surface area contributed by atoms with Crippen molar-refractivity contribution in [1.82, 2.24) is 0 Å². The molecule has 0 aromatic rings. The summed E-state index contributed by atoms with van der Waals surface area (Å²) in [5.74, 6) is -0.00539. The largest absolute Gasteiger partial charge is 0.459 e. The third-order valence-electron chi connectivity index (χ3n) is 4.19. The molecule has 1 N–H and O–H groups in total. The van der Waals surface area contributed by atoms with Crippen molar-refractivity contribution < 1.29 is 24.2 Å². The lowest BCUT2D eigenvalue weighted by Crippen LogP contribution is -2.39. The molecule has 0 saturated heterocycles. The maximum Gasteiger partial charge on any atom is 0.347 e. The van der Waals surface area contributed by atoms with Gasteiger partial charge in [-0.1, -0.05) is 27.2 Å². The lowest BCUT2D eigenvalue weighted by Gasteiger charge is -2.37. The predicted molar refractivity (Wildman–Crippen MR) is 78.5 cm³/mol. The highest BCUT2D eigenvalue weighted by atomic mass is 16.6. The summed E-state index contributed by atoms with van der Waals surface area (Å²) >= 11 is 0. The second-order valence-electron chi connectivity index (χ2n) is 6.56. The minimum atomic E-state index is -1.24. The molecule has 3 unspecified atom stereocenters. The van der Waals surface area contributed by atoms with Crippen molar-refractivity contribution in [2.75, 3.05) is 0 Å². The number of ether oxygens (including phenoxy) is 2. The van der Waals surface area contributed by atoms with Crippen LogP contribution in [0.3, 0.4) is 0 Å². The normalized spacial score (nSPS) is 28.8. The smallest absolute Gasteiger partial charge is 0.347 e. The summed E-state index contributed by atoms with van der Waals surface area (Å²) in [6.07, 6.45) is 0.720. The monoisotopic (exact) mass is 300 g/mol. The van der Waals surface area contributed by atoms with Crippen LogP contribution >= 0.6 is 0 Å². The third-order valence-corrected chi connectivity index (χ3v) is 4.19. The predicted octanol–water partition coefficient (Wildman–Crippen LogP) is 2.30. The summed E-state index contributed by atoms with van der Waals surface area (Å²) in [6.45, 7) is 9.21. The zero-order valence-electron chi connectivity index (χ0n) is 13.7. The molecule has 0 heterocycles. The van der Waals surface area contributed by atoms with E-state index in [9.17, 15) is 9.59 Å². The summed E-state index contributed by atoms with van der Waals surface area (Å²) < 4.78 is 10.5. The van der Waals surface area contributed by atoms with E-state index in [4.69, 9.17) is 14.6 Å². The van der Waals surface area contributed by atoms with Crippen molar-refractivity contribution in [1.29, 1.82) is 0 Å². The second-order valence-corrected chi connectivity index (χ2v) is 6.56. The number of aliphatic hydroxyl groups is 1. The van der Waals surface area contributed by atoms with Gasteiger partial charge in [0.1, 0.15) is 12.2 Å². The number of carbonyl (C=O) groups excluding carboxylic acids is 2. The van der Waals surface area contributed by atoms with Crippen molar-refractivity contribution >= 4 is 11.9 Å². The van der Waals surface area contributed by atoms with Gasteiger partial charge in [-0.25, -0.2) is 9.59 Å². The highest BCUT2D eigenvalue weighted by Gasteiger charge is 2.35. The van der Waals surface area contributed by atoms with Crippen molar-refractivity contribution in [3.8, 4) is 0 Å². The van der Waals surface area contributed by atoms with Crippen molar-refractivity contribution in [2.24, 2.45) is 17.8 Å². The molecule has 5 nitrogen and oxygen atoms in total. The van der Waals surface area contributed by atoms with Gasteiger partial charge in [-0.15, -0.1) is 0 Å². The first kappa shape index (κ1) is 18.0. The van der Waals surface area contributed by atoms with E-state index in [1.165, 1.54) is 13.8 Å². The molecule has 0 aromatic carbocycles. The van der Waals surface area contributed by atoms with E-state index in [1.807, 2.05) is 0 Å². The zero-order valence-corrected chi connectivity index (χ0v) is 13.7. The van der Waals surface area contributed by atoms with E-state index in [1.54, 1.807) is 0 Å². The van der Waals surface area contributed by atoms with Crippen LogP contribution in [-0.4, -0.2) is 35.4 Å². The Balaban J connectivity index is 2.59. The van der Waals surface area contributed by atoms with Crippen LogP contribution in [0.1, 0.15) is 53.9 Å². The van der Waals surface area contributed by atoms with E-state index < -0.39 is 24.1 Å². The van der Waals surface area contributed by atoms with Gasteiger partial charge in [-0.2, -0.15) is 0 Å². The van der Waals surface area contributed by atoms with Crippen LogP contribution in [0.5, 0.6) is 0 Å². The molecular formula is C16H28O5. The first-order valence-electron chi connectivity index (χ1n) is 7.81. The second kappa shape index (κ2) is 7.78. The quantitative estimate of drug-likeness (QED) is 0.789. The fourth-order valence-electron chi connectivity index (χ4n) is 2.82. The molecule has 5 atom stereocenters. The molecule has 5 heteroatoms. The van der Waals surface area contributed by atoms with Gasteiger partial charge in [-0.05, 0) is 44.4 Å². The number of carbonyl (C=O) groups is 2. The van der Waals surface area contributed by atoms with E-state index >= 15 is 0 Å². The number of aliphatic hydroxyl groups excluding tert-OH is 1. The molecule has 1 aliphatic carbocycles. The van der Waals surface area contributed by atoms with Gasteiger partial charge >= 0.3 is 11.9 Å². The van der Waals surface area contributed by atoms with Crippen LogP contribution in [-0.2, 0) is 19.1 Å². The van der Waals surface area contributed by atoms with Gasteiger partial charge in [0.25, 0.3) is 0 Å². The molecule has 0 spiro atoms. The Morgan fingerprint density at radius 3 is 2.24 bits per heavy atom. The lowest BCUT2D eigenvalue weighted by molar-refractivity contribution is -0.178. The summed E-state index contributed by atoms with van der Waals surface area (Å²) in [5.41, 5.74) is 0. The molecular weight excluding hydrogens is 272 g/mol. The van der Waals surface area contributed by atoms with Gasteiger partial charge in [0, 0.05) is 0 Å². The fourth-order valence-corrected chi connectivity index (χ4v) is 2.82.